The minimum absolute atomic E-state index is 0.00573. The number of para-hydroxylation sites is 2. The van der Waals surface area contributed by atoms with Gasteiger partial charge in [0.15, 0.2) is 5.16 Å². The zero-order valence-corrected chi connectivity index (χ0v) is 14.9. The first-order valence-corrected chi connectivity index (χ1v) is 8.95. The summed E-state index contributed by atoms with van der Waals surface area (Å²) in [5.41, 5.74) is 5.54. The van der Waals surface area contributed by atoms with Gasteiger partial charge in [-0.15, -0.1) is 0 Å². The molecule has 24 heavy (non-hydrogen) atoms. The summed E-state index contributed by atoms with van der Waals surface area (Å²) in [5, 5.41) is 3.81. The van der Waals surface area contributed by atoms with Gasteiger partial charge in [0.05, 0.1) is 22.8 Å². The van der Waals surface area contributed by atoms with Crippen LogP contribution in [0.25, 0.3) is 11.0 Å². The number of aryl methyl sites for hydroxylation is 2. The minimum atomic E-state index is -0.00641. The van der Waals surface area contributed by atoms with Crippen LogP contribution in [0.2, 0.25) is 0 Å². The van der Waals surface area contributed by atoms with Crippen molar-refractivity contribution >= 4 is 28.7 Å². The Morgan fingerprint density at radius 1 is 1.21 bits per heavy atom. The van der Waals surface area contributed by atoms with Crippen LogP contribution in [0, 0.1) is 13.8 Å². The fourth-order valence-corrected chi connectivity index (χ4v) is 3.23. The molecule has 0 aliphatic heterocycles. The van der Waals surface area contributed by atoms with Gasteiger partial charge in [0.2, 0.25) is 5.91 Å². The Morgan fingerprint density at radius 3 is 2.75 bits per heavy atom. The number of aromatic amines is 1. The fraction of sp³-hybridized carbons (Fsp3) is 0.263. The standard InChI is InChI=1S/C19H21N3OS/c1-12-8-9-15(10-13(12)2)14(3)20-18(23)11-24-19-21-16-6-4-5-7-17(16)22-19/h4-10,14H,11H2,1-3H3,(H,20,23)(H,21,22)/t14-/m1/s1. The number of rotatable bonds is 5. The lowest BCUT2D eigenvalue weighted by Gasteiger charge is -2.15. The van der Waals surface area contributed by atoms with Crippen molar-refractivity contribution in [2.75, 3.05) is 5.75 Å². The first kappa shape index (κ1) is 16.6. The van der Waals surface area contributed by atoms with E-state index in [4.69, 9.17) is 0 Å². The van der Waals surface area contributed by atoms with Crippen LogP contribution < -0.4 is 5.32 Å². The topological polar surface area (TPSA) is 57.8 Å². The monoisotopic (exact) mass is 339 g/mol. The largest absolute Gasteiger partial charge is 0.349 e. The molecule has 0 aliphatic carbocycles. The molecule has 0 radical (unpaired) electrons. The Labute approximate surface area is 146 Å². The summed E-state index contributed by atoms with van der Waals surface area (Å²) in [6.07, 6.45) is 0. The van der Waals surface area contributed by atoms with E-state index in [2.05, 4.69) is 47.3 Å². The maximum Gasteiger partial charge on any atom is 0.230 e. The summed E-state index contributed by atoms with van der Waals surface area (Å²) in [6, 6.07) is 14.1. The van der Waals surface area contributed by atoms with Crippen LogP contribution >= 0.6 is 11.8 Å². The van der Waals surface area contributed by atoms with Gasteiger partial charge in [-0.2, -0.15) is 0 Å². The Kier molecular flexibility index (Phi) is 4.90. The van der Waals surface area contributed by atoms with E-state index < -0.39 is 0 Å². The van der Waals surface area contributed by atoms with E-state index in [0.717, 1.165) is 21.8 Å². The third-order valence-corrected chi connectivity index (χ3v) is 4.99. The van der Waals surface area contributed by atoms with Gasteiger partial charge in [-0.3, -0.25) is 4.79 Å². The number of hydrogen-bond acceptors (Lipinski definition) is 3. The maximum absolute atomic E-state index is 12.2. The third kappa shape index (κ3) is 3.79. The van der Waals surface area contributed by atoms with E-state index in [1.165, 1.54) is 22.9 Å². The molecule has 1 aromatic heterocycles. The van der Waals surface area contributed by atoms with Crippen molar-refractivity contribution < 1.29 is 4.79 Å². The number of carbonyl (C=O) groups is 1. The molecule has 0 unspecified atom stereocenters. The highest BCUT2D eigenvalue weighted by Gasteiger charge is 2.12. The van der Waals surface area contributed by atoms with Gasteiger partial charge in [0, 0.05) is 0 Å². The smallest absolute Gasteiger partial charge is 0.230 e. The molecule has 1 atom stereocenters. The van der Waals surface area contributed by atoms with Gasteiger partial charge in [-0.05, 0) is 49.6 Å². The van der Waals surface area contributed by atoms with E-state index in [-0.39, 0.29) is 11.9 Å². The molecule has 1 heterocycles. The number of nitrogens with one attached hydrogen (secondary N) is 2. The summed E-state index contributed by atoms with van der Waals surface area (Å²) in [4.78, 5) is 19.9. The summed E-state index contributed by atoms with van der Waals surface area (Å²) in [5.74, 6) is 0.348. The lowest BCUT2D eigenvalue weighted by molar-refractivity contribution is -0.119. The number of hydrogen-bond donors (Lipinski definition) is 2. The fourth-order valence-electron chi connectivity index (χ4n) is 2.53. The van der Waals surface area contributed by atoms with E-state index in [1.807, 2.05) is 31.2 Å². The van der Waals surface area contributed by atoms with Crippen LogP contribution in [0.1, 0.15) is 29.7 Å². The highest BCUT2D eigenvalue weighted by atomic mass is 32.2. The number of fused-ring (bicyclic) bond motifs is 1. The molecule has 5 heteroatoms. The number of amides is 1. The number of thioether (sulfide) groups is 1. The molecule has 0 spiro atoms. The summed E-state index contributed by atoms with van der Waals surface area (Å²) >= 11 is 1.42. The second-order valence-electron chi connectivity index (χ2n) is 5.98. The zero-order valence-electron chi connectivity index (χ0n) is 14.1. The highest BCUT2D eigenvalue weighted by Crippen LogP contribution is 2.20. The van der Waals surface area contributed by atoms with Gasteiger partial charge < -0.3 is 10.3 Å². The molecule has 124 valence electrons. The van der Waals surface area contributed by atoms with Crippen LogP contribution in [0.3, 0.4) is 0 Å². The van der Waals surface area contributed by atoms with Gasteiger partial charge >= 0.3 is 0 Å². The number of imidazole rings is 1. The van der Waals surface area contributed by atoms with E-state index >= 15 is 0 Å². The molecule has 3 rings (SSSR count). The predicted molar refractivity (Wildman–Crippen MR) is 99.3 cm³/mol. The summed E-state index contributed by atoms with van der Waals surface area (Å²) in [7, 11) is 0. The third-order valence-electron chi connectivity index (χ3n) is 4.12. The van der Waals surface area contributed by atoms with Crippen molar-refractivity contribution in [3.63, 3.8) is 0 Å². The van der Waals surface area contributed by atoms with Crippen molar-refractivity contribution in [3.05, 3.63) is 59.2 Å². The number of H-pyrrole nitrogens is 1. The van der Waals surface area contributed by atoms with Gasteiger partial charge in [0.25, 0.3) is 0 Å². The summed E-state index contributed by atoms with van der Waals surface area (Å²) < 4.78 is 0. The molecule has 2 aromatic carbocycles. The molecule has 4 nitrogen and oxygen atoms in total. The first-order valence-electron chi connectivity index (χ1n) is 7.97. The average molecular weight is 339 g/mol. The number of aromatic nitrogens is 2. The molecule has 1 amide bonds. The number of carbonyl (C=O) groups excluding carboxylic acids is 1. The lowest BCUT2D eigenvalue weighted by Crippen LogP contribution is -2.28. The zero-order chi connectivity index (χ0) is 17.1. The summed E-state index contributed by atoms with van der Waals surface area (Å²) in [6.45, 7) is 6.19. The molecule has 0 bridgehead atoms. The van der Waals surface area contributed by atoms with Crippen LogP contribution in [0.5, 0.6) is 0 Å². The van der Waals surface area contributed by atoms with Crippen molar-refractivity contribution in [2.24, 2.45) is 0 Å². The van der Waals surface area contributed by atoms with Gasteiger partial charge in [0.1, 0.15) is 0 Å². The quantitative estimate of drug-likeness (QED) is 0.687. The van der Waals surface area contributed by atoms with Crippen molar-refractivity contribution in [2.45, 2.75) is 32.0 Å². The Morgan fingerprint density at radius 2 is 2.00 bits per heavy atom. The Hall–Kier alpha value is -2.27. The molecule has 0 saturated heterocycles. The first-order chi connectivity index (χ1) is 11.5. The Balaban J connectivity index is 1.57. The molecule has 0 fully saturated rings. The van der Waals surface area contributed by atoms with Crippen LogP contribution in [-0.2, 0) is 4.79 Å². The predicted octanol–water partition coefficient (Wildman–Crippen LogP) is 4.15. The van der Waals surface area contributed by atoms with Crippen molar-refractivity contribution in [3.8, 4) is 0 Å². The molecular formula is C19H21N3OS. The van der Waals surface area contributed by atoms with Crippen LogP contribution in [-0.4, -0.2) is 21.6 Å². The van der Waals surface area contributed by atoms with Crippen LogP contribution in [0.4, 0.5) is 0 Å². The van der Waals surface area contributed by atoms with E-state index in [0.29, 0.717) is 5.75 Å². The molecular weight excluding hydrogens is 318 g/mol. The van der Waals surface area contributed by atoms with Crippen LogP contribution in [0.15, 0.2) is 47.6 Å². The molecule has 0 aliphatic rings. The average Bonchev–Trinajstić information content (AvgIpc) is 2.98. The van der Waals surface area contributed by atoms with Crippen molar-refractivity contribution in [1.82, 2.24) is 15.3 Å². The SMILES string of the molecule is Cc1ccc([C@@H](C)NC(=O)CSc2nc3ccccc3[nH]2)cc1C. The second kappa shape index (κ2) is 7.09. The molecule has 0 saturated carbocycles. The number of benzene rings is 2. The second-order valence-corrected chi connectivity index (χ2v) is 6.94. The molecule has 3 aromatic rings. The normalized spacial score (nSPS) is 12.3. The van der Waals surface area contributed by atoms with E-state index in [1.54, 1.807) is 0 Å². The Bertz CT molecular complexity index is 839. The van der Waals surface area contributed by atoms with Crippen molar-refractivity contribution in [1.29, 1.82) is 0 Å². The van der Waals surface area contributed by atoms with Gasteiger partial charge in [-0.1, -0.05) is 42.1 Å². The number of nitrogens with zero attached hydrogens (tertiary/aromatic N) is 1. The van der Waals surface area contributed by atoms with Gasteiger partial charge in [-0.25, -0.2) is 4.98 Å². The molecule has 2 N–H and O–H groups in total. The minimum Gasteiger partial charge on any atom is -0.349 e. The van der Waals surface area contributed by atoms with E-state index in [9.17, 15) is 4.79 Å². The maximum atomic E-state index is 12.2. The highest BCUT2D eigenvalue weighted by molar-refractivity contribution is 7.99. The lowest BCUT2D eigenvalue weighted by atomic mass is 10.0.